The fourth-order valence-corrected chi connectivity index (χ4v) is 3.87. The molecule has 0 bridgehead atoms. The zero-order chi connectivity index (χ0) is 21.2. The van der Waals surface area contributed by atoms with Crippen molar-refractivity contribution in [2.45, 2.75) is 6.54 Å². The lowest BCUT2D eigenvalue weighted by Gasteiger charge is -2.13. The van der Waals surface area contributed by atoms with Gasteiger partial charge in [-0.3, -0.25) is 0 Å². The third kappa shape index (κ3) is 3.98. The number of hydrogen-bond acceptors (Lipinski definition) is 3. The van der Waals surface area contributed by atoms with Crippen molar-refractivity contribution in [1.29, 1.82) is 0 Å². The van der Waals surface area contributed by atoms with Crippen LogP contribution in [-0.4, -0.2) is 9.55 Å². The number of halogens is 1. The van der Waals surface area contributed by atoms with Crippen molar-refractivity contribution in [2.24, 2.45) is 0 Å². The second-order valence-corrected chi connectivity index (χ2v) is 7.89. The molecule has 0 fully saturated rings. The molecule has 4 nitrogen and oxygen atoms in total. The van der Waals surface area contributed by atoms with Gasteiger partial charge in [-0.15, -0.1) is 0 Å². The number of nitrogens with zero attached hydrogens (tertiary/aromatic N) is 2. The molecule has 0 unspecified atom stereocenters. The minimum Gasteiger partial charge on any atom is -0.397 e. The summed E-state index contributed by atoms with van der Waals surface area (Å²) in [6, 6.07) is 28.3. The second-order valence-electron chi connectivity index (χ2n) is 7.46. The van der Waals surface area contributed by atoms with Crippen molar-refractivity contribution in [3.05, 3.63) is 108 Å². The zero-order valence-corrected chi connectivity index (χ0v) is 17.6. The Hall–Kier alpha value is -3.76. The molecule has 31 heavy (non-hydrogen) atoms. The Kier molecular flexibility index (Phi) is 5.06. The molecule has 5 aromatic rings. The molecule has 3 N–H and O–H groups in total. The first-order chi connectivity index (χ1) is 15.2. The quantitative estimate of drug-likeness (QED) is 0.307. The Balaban J connectivity index is 1.37. The molecule has 152 valence electrons. The van der Waals surface area contributed by atoms with E-state index in [1.165, 1.54) is 5.56 Å². The first-order valence-electron chi connectivity index (χ1n) is 10.1. The standard InChI is InChI=1S/C26H21ClN4/c27-21-10-5-18(6-11-21)17-31-16-15-29-26(31)20-7-12-22(13-8-20)30-24-14-9-19-3-1-2-4-23(19)25(24)28/h1-16,30H,17,28H2. The van der Waals surface area contributed by atoms with Gasteiger partial charge in [0.25, 0.3) is 0 Å². The van der Waals surface area contributed by atoms with Crippen LogP contribution in [0.2, 0.25) is 5.02 Å². The van der Waals surface area contributed by atoms with E-state index in [-0.39, 0.29) is 0 Å². The normalized spacial score (nSPS) is 11.0. The maximum Gasteiger partial charge on any atom is 0.140 e. The Morgan fingerprint density at radius 3 is 2.45 bits per heavy atom. The highest BCUT2D eigenvalue weighted by Gasteiger charge is 2.08. The summed E-state index contributed by atoms with van der Waals surface area (Å²) in [5, 5.41) is 6.35. The Morgan fingerprint density at radius 1 is 0.871 bits per heavy atom. The SMILES string of the molecule is Nc1c(Nc2ccc(-c3nccn3Cc3ccc(Cl)cc3)cc2)ccc2ccccc12. The molecule has 0 amide bonds. The van der Waals surface area contributed by atoms with Crippen LogP contribution in [0.25, 0.3) is 22.2 Å². The van der Waals surface area contributed by atoms with Gasteiger partial charge < -0.3 is 15.6 Å². The average Bonchev–Trinajstić information content (AvgIpc) is 3.26. The minimum atomic E-state index is 0.736. The number of hydrogen-bond donors (Lipinski definition) is 2. The lowest BCUT2D eigenvalue weighted by Crippen LogP contribution is -2.01. The molecule has 0 atom stereocenters. The van der Waals surface area contributed by atoms with Crippen LogP contribution in [0.1, 0.15) is 5.56 Å². The van der Waals surface area contributed by atoms with Crippen molar-refractivity contribution in [3.8, 4) is 11.4 Å². The van der Waals surface area contributed by atoms with Gasteiger partial charge in [-0.25, -0.2) is 4.98 Å². The molecule has 0 saturated carbocycles. The van der Waals surface area contributed by atoms with Gasteiger partial charge in [-0.05, 0) is 53.4 Å². The predicted octanol–water partition coefficient (Wildman–Crippen LogP) is 6.73. The third-order valence-electron chi connectivity index (χ3n) is 5.37. The lowest BCUT2D eigenvalue weighted by atomic mass is 10.1. The predicted molar refractivity (Wildman–Crippen MR) is 130 cm³/mol. The Morgan fingerprint density at radius 2 is 1.65 bits per heavy atom. The van der Waals surface area contributed by atoms with Crippen LogP contribution >= 0.6 is 11.6 Å². The molecular weight excluding hydrogens is 404 g/mol. The summed E-state index contributed by atoms with van der Waals surface area (Å²) in [5.74, 6) is 0.923. The van der Waals surface area contributed by atoms with Crippen LogP contribution in [0, 0.1) is 0 Å². The monoisotopic (exact) mass is 424 g/mol. The highest BCUT2D eigenvalue weighted by Crippen LogP contribution is 2.31. The van der Waals surface area contributed by atoms with Gasteiger partial charge in [0.15, 0.2) is 0 Å². The smallest absolute Gasteiger partial charge is 0.140 e. The summed E-state index contributed by atoms with van der Waals surface area (Å²) in [4.78, 5) is 4.56. The van der Waals surface area contributed by atoms with Crippen molar-refractivity contribution >= 4 is 39.4 Å². The molecule has 5 heteroatoms. The van der Waals surface area contributed by atoms with Gasteiger partial charge in [0.1, 0.15) is 5.82 Å². The van der Waals surface area contributed by atoms with Crippen molar-refractivity contribution < 1.29 is 0 Å². The fraction of sp³-hybridized carbons (Fsp3) is 0.0385. The van der Waals surface area contributed by atoms with Gasteiger partial charge in [0, 0.05) is 40.6 Å². The van der Waals surface area contributed by atoms with Crippen LogP contribution in [0.5, 0.6) is 0 Å². The molecule has 0 aliphatic carbocycles. The van der Waals surface area contributed by atoms with E-state index in [9.17, 15) is 0 Å². The molecule has 5 rings (SSSR count). The maximum absolute atomic E-state index is 6.39. The van der Waals surface area contributed by atoms with Gasteiger partial charge >= 0.3 is 0 Å². The lowest BCUT2D eigenvalue weighted by molar-refractivity contribution is 0.807. The number of nitrogens with two attached hydrogens (primary N) is 1. The first-order valence-corrected chi connectivity index (χ1v) is 10.5. The van der Waals surface area contributed by atoms with E-state index in [2.05, 4.69) is 39.1 Å². The largest absolute Gasteiger partial charge is 0.397 e. The first kappa shape index (κ1) is 19.2. The van der Waals surface area contributed by atoms with Gasteiger partial charge in [-0.1, -0.05) is 54.1 Å². The van der Waals surface area contributed by atoms with E-state index in [4.69, 9.17) is 17.3 Å². The van der Waals surface area contributed by atoms with Gasteiger partial charge in [0.2, 0.25) is 0 Å². The second kappa shape index (κ2) is 8.17. The summed E-state index contributed by atoms with van der Waals surface area (Å²) in [6.07, 6.45) is 3.82. The van der Waals surface area contributed by atoms with Crippen LogP contribution in [0.3, 0.4) is 0 Å². The number of fused-ring (bicyclic) bond motifs is 1. The van der Waals surface area contributed by atoms with Crippen LogP contribution in [-0.2, 0) is 6.54 Å². The number of aromatic nitrogens is 2. The number of imidazole rings is 1. The number of nitrogen functional groups attached to an aromatic ring is 1. The minimum absolute atomic E-state index is 0.736. The van der Waals surface area contributed by atoms with E-state index in [1.807, 2.05) is 73.1 Å². The molecule has 1 heterocycles. The van der Waals surface area contributed by atoms with Crippen LogP contribution < -0.4 is 11.1 Å². The topological polar surface area (TPSA) is 55.9 Å². The van der Waals surface area contributed by atoms with Crippen molar-refractivity contribution in [2.75, 3.05) is 11.1 Å². The van der Waals surface area contributed by atoms with Gasteiger partial charge in [0.05, 0.1) is 11.4 Å². The van der Waals surface area contributed by atoms with Crippen LogP contribution in [0.15, 0.2) is 97.3 Å². The van der Waals surface area contributed by atoms with Gasteiger partial charge in [-0.2, -0.15) is 0 Å². The molecule has 0 aliphatic rings. The third-order valence-corrected chi connectivity index (χ3v) is 5.63. The number of anilines is 3. The fourth-order valence-electron chi connectivity index (χ4n) is 3.75. The molecule has 1 aromatic heterocycles. The average molecular weight is 425 g/mol. The number of rotatable bonds is 5. The van der Waals surface area contributed by atoms with E-state index < -0.39 is 0 Å². The summed E-state index contributed by atoms with van der Waals surface area (Å²) in [5.41, 5.74) is 11.2. The molecule has 4 aromatic carbocycles. The van der Waals surface area contributed by atoms with E-state index in [0.29, 0.717) is 0 Å². The molecular formula is C26H21ClN4. The molecule has 0 spiro atoms. The van der Waals surface area contributed by atoms with Crippen molar-refractivity contribution in [3.63, 3.8) is 0 Å². The highest BCUT2D eigenvalue weighted by molar-refractivity contribution is 6.30. The molecule has 0 saturated heterocycles. The zero-order valence-electron chi connectivity index (χ0n) is 16.8. The molecule has 0 aliphatic heterocycles. The van der Waals surface area contributed by atoms with Crippen LogP contribution in [0.4, 0.5) is 17.1 Å². The summed E-state index contributed by atoms with van der Waals surface area (Å²) in [6.45, 7) is 0.736. The van der Waals surface area contributed by atoms with E-state index in [1.54, 1.807) is 0 Å². The maximum atomic E-state index is 6.39. The van der Waals surface area contributed by atoms with E-state index in [0.717, 1.165) is 50.8 Å². The summed E-state index contributed by atoms with van der Waals surface area (Å²) < 4.78 is 2.13. The number of nitrogens with one attached hydrogen (secondary N) is 1. The highest BCUT2D eigenvalue weighted by atomic mass is 35.5. The van der Waals surface area contributed by atoms with Crippen molar-refractivity contribution in [1.82, 2.24) is 9.55 Å². The van der Waals surface area contributed by atoms with E-state index >= 15 is 0 Å². The summed E-state index contributed by atoms with van der Waals surface area (Å²) >= 11 is 6.00. The Labute approximate surface area is 185 Å². The summed E-state index contributed by atoms with van der Waals surface area (Å²) in [7, 11) is 0. The Bertz CT molecular complexity index is 1340. The molecule has 0 radical (unpaired) electrons. The number of benzene rings is 4.